The van der Waals surface area contributed by atoms with Crippen LogP contribution in [0.1, 0.15) is 43.5 Å². The molecule has 1 aromatic rings. The van der Waals surface area contributed by atoms with Crippen molar-refractivity contribution in [2.75, 3.05) is 13.1 Å². The molecular formula is C13H21NO3. The normalized spacial score (nSPS) is 12.9. The number of hydrogen-bond donors (Lipinski definition) is 1. The molecule has 1 atom stereocenters. The summed E-state index contributed by atoms with van der Waals surface area (Å²) >= 11 is 0. The van der Waals surface area contributed by atoms with Crippen LogP contribution in [0.5, 0.6) is 0 Å². The fourth-order valence-corrected chi connectivity index (χ4v) is 1.67. The smallest absolute Gasteiger partial charge is 0.371 e. The molecule has 0 aliphatic carbocycles. The molecule has 96 valence electrons. The quantitative estimate of drug-likeness (QED) is 0.795. The molecule has 17 heavy (non-hydrogen) atoms. The van der Waals surface area contributed by atoms with Crippen molar-refractivity contribution < 1.29 is 14.3 Å². The van der Waals surface area contributed by atoms with Gasteiger partial charge in [0.15, 0.2) is 0 Å². The lowest BCUT2D eigenvalue weighted by atomic mass is 10.1. The molecule has 0 saturated heterocycles. The Morgan fingerprint density at radius 1 is 1.47 bits per heavy atom. The molecule has 0 spiro atoms. The van der Waals surface area contributed by atoms with Crippen molar-refractivity contribution in [3.05, 3.63) is 23.7 Å². The van der Waals surface area contributed by atoms with E-state index in [0.29, 0.717) is 18.2 Å². The summed E-state index contributed by atoms with van der Waals surface area (Å²) in [5, 5.41) is 8.77. The zero-order valence-corrected chi connectivity index (χ0v) is 10.8. The first-order valence-electron chi connectivity index (χ1n) is 6.11. The zero-order chi connectivity index (χ0) is 12.8. The molecule has 0 saturated carbocycles. The van der Waals surface area contributed by atoms with Crippen molar-refractivity contribution in [1.82, 2.24) is 4.90 Å². The summed E-state index contributed by atoms with van der Waals surface area (Å²) < 4.78 is 5.25. The summed E-state index contributed by atoms with van der Waals surface area (Å²) in [5.41, 5.74) is 0. The van der Waals surface area contributed by atoms with Crippen LogP contribution in [0.25, 0.3) is 0 Å². The largest absolute Gasteiger partial charge is 0.475 e. The molecule has 1 N–H and O–H groups in total. The Kier molecular flexibility index (Phi) is 5.22. The van der Waals surface area contributed by atoms with E-state index in [9.17, 15) is 4.79 Å². The van der Waals surface area contributed by atoms with Gasteiger partial charge in [0.25, 0.3) is 0 Å². The summed E-state index contributed by atoms with van der Waals surface area (Å²) in [6, 6.07) is 3.25. The summed E-state index contributed by atoms with van der Waals surface area (Å²) in [6.07, 6.45) is 1.15. The summed E-state index contributed by atoms with van der Waals surface area (Å²) in [6.45, 7) is 9.11. The molecule has 0 aliphatic rings. The number of aromatic carboxylic acids is 1. The van der Waals surface area contributed by atoms with Crippen LogP contribution in [0.3, 0.4) is 0 Å². The van der Waals surface area contributed by atoms with E-state index in [-0.39, 0.29) is 5.76 Å². The van der Waals surface area contributed by atoms with Gasteiger partial charge in [-0.2, -0.15) is 0 Å². The van der Waals surface area contributed by atoms with Gasteiger partial charge in [0.2, 0.25) is 5.76 Å². The zero-order valence-electron chi connectivity index (χ0n) is 10.8. The van der Waals surface area contributed by atoms with Gasteiger partial charge in [0.1, 0.15) is 5.76 Å². The summed E-state index contributed by atoms with van der Waals surface area (Å²) in [4.78, 5) is 12.9. The van der Waals surface area contributed by atoms with Crippen LogP contribution < -0.4 is 0 Å². The van der Waals surface area contributed by atoms with Gasteiger partial charge in [-0.05, 0) is 24.6 Å². The van der Waals surface area contributed by atoms with Gasteiger partial charge in [-0.1, -0.05) is 27.2 Å². The first kappa shape index (κ1) is 13.8. The highest BCUT2D eigenvalue weighted by molar-refractivity contribution is 5.84. The maximum Gasteiger partial charge on any atom is 0.371 e. The van der Waals surface area contributed by atoms with Gasteiger partial charge < -0.3 is 9.52 Å². The molecule has 1 aromatic heterocycles. The van der Waals surface area contributed by atoms with Crippen LogP contribution in [-0.4, -0.2) is 29.1 Å². The molecule has 1 unspecified atom stereocenters. The van der Waals surface area contributed by atoms with Gasteiger partial charge in [-0.25, -0.2) is 4.79 Å². The number of carbonyl (C=O) groups is 1. The first-order chi connectivity index (χ1) is 8.06. The van der Waals surface area contributed by atoms with E-state index in [0.717, 1.165) is 19.5 Å². The fourth-order valence-electron chi connectivity index (χ4n) is 1.67. The van der Waals surface area contributed by atoms with E-state index in [4.69, 9.17) is 9.52 Å². The van der Waals surface area contributed by atoms with E-state index in [1.807, 2.05) is 0 Å². The number of furan rings is 1. The monoisotopic (exact) mass is 239 g/mol. The van der Waals surface area contributed by atoms with E-state index in [1.54, 1.807) is 6.07 Å². The third kappa shape index (κ3) is 4.23. The van der Waals surface area contributed by atoms with Crippen molar-refractivity contribution in [3.63, 3.8) is 0 Å². The van der Waals surface area contributed by atoms with Crippen molar-refractivity contribution in [3.8, 4) is 0 Å². The van der Waals surface area contributed by atoms with Crippen LogP contribution in [0.2, 0.25) is 0 Å². The lowest BCUT2D eigenvalue weighted by molar-refractivity contribution is 0.0658. The van der Waals surface area contributed by atoms with Gasteiger partial charge in [0.05, 0.1) is 6.54 Å². The van der Waals surface area contributed by atoms with Crippen LogP contribution in [0.4, 0.5) is 0 Å². The molecule has 4 nitrogen and oxygen atoms in total. The Balaban J connectivity index is 2.57. The van der Waals surface area contributed by atoms with Crippen molar-refractivity contribution in [1.29, 1.82) is 0 Å². The number of carboxylic acid groups (broad SMARTS) is 1. The molecule has 4 heteroatoms. The SMILES string of the molecule is CCC(C)CN(CC)Cc1ccc(C(=O)O)o1. The molecule has 0 radical (unpaired) electrons. The van der Waals surface area contributed by atoms with Gasteiger partial charge in [-0.3, -0.25) is 4.90 Å². The van der Waals surface area contributed by atoms with E-state index >= 15 is 0 Å². The lowest BCUT2D eigenvalue weighted by Crippen LogP contribution is -2.27. The van der Waals surface area contributed by atoms with Crippen LogP contribution in [0, 0.1) is 5.92 Å². The maximum atomic E-state index is 10.7. The van der Waals surface area contributed by atoms with Gasteiger partial charge >= 0.3 is 5.97 Å². The second-order valence-electron chi connectivity index (χ2n) is 4.41. The second kappa shape index (κ2) is 6.45. The van der Waals surface area contributed by atoms with Gasteiger partial charge in [-0.15, -0.1) is 0 Å². The van der Waals surface area contributed by atoms with E-state index < -0.39 is 5.97 Å². The maximum absolute atomic E-state index is 10.7. The average Bonchev–Trinajstić information content (AvgIpc) is 2.76. The predicted molar refractivity (Wildman–Crippen MR) is 66.1 cm³/mol. The Labute approximate surface area is 102 Å². The Bertz CT molecular complexity index is 359. The molecule has 0 aliphatic heterocycles. The van der Waals surface area contributed by atoms with Crippen molar-refractivity contribution >= 4 is 5.97 Å². The number of rotatable bonds is 7. The minimum atomic E-state index is -1.01. The molecule has 0 fully saturated rings. The molecule has 0 bridgehead atoms. The summed E-state index contributed by atoms with van der Waals surface area (Å²) in [7, 11) is 0. The number of hydrogen-bond acceptors (Lipinski definition) is 3. The minimum absolute atomic E-state index is 0.0135. The highest BCUT2D eigenvalue weighted by Gasteiger charge is 2.13. The highest BCUT2D eigenvalue weighted by atomic mass is 16.4. The second-order valence-corrected chi connectivity index (χ2v) is 4.41. The number of carboxylic acids is 1. The predicted octanol–water partition coefficient (Wildman–Crippen LogP) is 2.85. The van der Waals surface area contributed by atoms with Crippen molar-refractivity contribution in [2.45, 2.75) is 33.7 Å². The van der Waals surface area contributed by atoms with E-state index in [1.165, 1.54) is 6.07 Å². The van der Waals surface area contributed by atoms with Crippen LogP contribution in [-0.2, 0) is 6.54 Å². The van der Waals surface area contributed by atoms with Crippen LogP contribution in [0.15, 0.2) is 16.5 Å². The first-order valence-corrected chi connectivity index (χ1v) is 6.11. The third-order valence-electron chi connectivity index (χ3n) is 2.97. The Morgan fingerprint density at radius 2 is 2.18 bits per heavy atom. The highest BCUT2D eigenvalue weighted by Crippen LogP contribution is 2.12. The molecule has 0 amide bonds. The lowest BCUT2D eigenvalue weighted by Gasteiger charge is -2.22. The topological polar surface area (TPSA) is 53.7 Å². The van der Waals surface area contributed by atoms with Gasteiger partial charge in [0, 0.05) is 6.54 Å². The summed E-state index contributed by atoms with van der Waals surface area (Å²) in [5.74, 6) is 0.359. The molecular weight excluding hydrogens is 218 g/mol. The fraction of sp³-hybridized carbons (Fsp3) is 0.615. The molecule has 0 aromatic carbocycles. The standard InChI is InChI=1S/C13H21NO3/c1-4-10(3)8-14(5-2)9-11-6-7-12(17-11)13(15)16/h6-7,10H,4-5,8-9H2,1-3H3,(H,15,16). The van der Waals surface area contributed by atoms with Crippen LogP contribution >= 0.6 is 0 Å². The van der Waals surface area contributed by atoms with Crippen molar-refractivity contribution in [2.24, 2.45) is 5.92 Å². The Hall–Kier alpha value is -1.29. The van der Waals surface area contributed by atoms with E-state index in [2.05, 4.69) is 25.7 Å². The number of nitrogens with zero attached hydrogens (tertiary/aromatic N) is 1. The Morgan fingerprint density at radius 3 is 2.65 bits per heavy atom. The minimum Gasteiger partial charge on any atom is -0.475 e. The molecule has 1 heterocycles. The molecule has 1 rings (SSSR count). The average molecular weight is 239 g/mol. The third-order valence-corrected chi connectivity index (χ3v) is 2.97.